The van der Waals surface area contributed by atoms with Gasteiger partial charge in [-0.3, -0.25) is 9.69 Å². The normalized spacial score (nSPS) is 25.5. The molecule has 2 heterocycles. The largest absolute Gasteiger partial charge is 0.461 e. The Bertz CT molecular complexity index is 565. The van der Waals surface area contributed by atoms with E-state index < -0.39 is 0 Å². The molecule has 0 atom stereocenters. The number of unbranched alkanes of at least 4 members (excludes halogenated alkanes) is 3. The van der Waals surface area contributed by atoms with Crippen LogP contribution >= 0.6 is 0 Å². The van der Waals surface area contributed by atoms with Crippen molar-refractivity contribution in [1.29, 1.82) is 0 Å². The number of esters is 1. The maximum atomic E-state index is 13.1. The van der Waals surface area contributed by atoms with E-state index in [-0.39, 0.29) is 34.2 Å². The van der Waals surface area contributed by atoms with Crippen LogP contribution in [-0.2, 0) is 9.53 Å². The van der Waals surface area contributed by atoms with Gasteiger partial charge in [-0.15, -0.1) is 0 Å². The number of rotatable bonds is 9. The summed E-state index contributed by atoms with van der Waals surface area (Å²) in [7, 11) is 0. The topological polar surface area (TPSA) is 53.6 Å². The summed E-state index contributed by atoms with van der Waals surface area (Å²) in [6.07, 6.45) is 8.72. The summed E-state index contributed by atoms with van der Waals surface area (Å²) in [6, 6.07) is 0.404. The van der Waals surface area contributed by atoms with Crippen molar-refractivity contribution in [3.05, 3.63) is 0 Å². The summed E-state index contributed by atoms with van der Waals surface area (Å²) < 4.78 is 6.08. The Morgan fingerprint density at radius 2 is 1.29 bits per heavy atom. The number of nitrogens with zero attached hydrogens (tertiary/aromatic N) is 1. The van der Waals surface area contributed by atoms with Crippen molar-refractivity contribution in [2.24, 2.45) is 0 Å². The first-order valence-corrected chi connectivity index (χ1v) is 12.6. The molecule has 0 aromatic heterocycles. The Kier molecular flexibility index (Phi) is 8.66. The van der Waals surface area contributed by atoms with Gasteiger partial charge in [0.15, 0.2) is 0 Å². The molecule has 2 rings (SSSR count). The second-order valence-electron chi connectivity index (χ2n) is 12.9. The highest BCUT2D eigenvalue weighted by Gasteiger charge is 2.42. The second kappa shape index (κ2) is 10.1. The van der Waals surface area contributed by atoms with E-state index >= 15 is 0 Å². The molecule has 5 heteroatoms. The molecule has 0 bridgehead atoms. The van der Waals surface area contributed by atoms with Crippen molar-refractivity contribution < 1.29 is 9.53 Å². The Balaban J connectivity index is 2.05. The number of hydrogen-bond donors (Lipinski definition) is 2. The first-order valence-electron chi connectivity index (χ1n) is 12.6. The van der Waals surface area contributed by atoms with Crippen LogP contribution in [0, 0.1) is 0 Å². The Morgan fingerprint density at radius 3 is 1.77 bits per heavy atom. The van der Waals surface area contributed by atoms with Crippen molar-refractivity contribution in [2.75, 3.05) is 13.1 Å². The molecule has 5 nitrogen and oxygen atoms in total. The van der Waals surface area contributed by atoms with Gasteiger partial charge in [-0.25, -0.2) is 0 Å². The molecular weight excluding hydrogens is 386 g/mol. The predicted molar refractivity (Wildman–Crippen MR) is 130 cm³/mol. The van der Waals surface area contributed by atoms with Gasteiger partial charge in [0, 0.05) is 41.0 Å². The highest BCUT2D eigenvalue weighted by molar-refractivity contribution is 5.72. The summed E-state index contributed by atoms with van der Waals surface area (Å²) in [5.41, 5.74) is 0.105. The number of nitrogens with one attached hydrogen (secondary N) is 2. The average Bonchev–Trinajstić information content (AvgIpc) is 2.51. The van der Waals surface area contributed by atoms with E-state index in [4.69, 9.17) is 4.74 Å². The van der Waals surface area contributed by atoms with Gasteiger partial charge in [0.25, 0.3) is 0 Å². The van der Waals surface area contributed by atoms with Crippen LogP contribution in [0.5, 0.6) is 0 Å². The molecule has 0 unspecified atom stereocenters. The number of piperidine rings is 2. The maximum absolute atomic E-state index is 13.1. The number of carbonyl (C=O) groups is 1. The SMILES string of the molecule is CCCCCCN(CC(=O)OC1CC(C)(C)NC(C)(C)C1)C1CC(C)(C)NC(C)(C)C1. The lowest BCUT2D eigenvalue weighted by molar-refractivity contribution is -0.155. The molecule has 0 amide bonds. The van der Waals surface area contributed by atoms with Crippen LogP contribution in [0.2, 0.25) is 0 Å². The van der Waals surface area contributed by atoms with Gasteiger partial charge in [0.1, 0.15) is 6.10 Å². The molecule has 0 aliphatic carbocycles. The maximum Gasteiger partial charge on any atom is 0.320 e. The average molecular weight is 438 g/mol. The van der Waals surface area contributed by atoms with Gasteiger partial charge >= 0.3 is 5.97 Å². The molecule has 0 saturated carbocycles. The van der Waals surface area contributed by atoms with E-state index in [1.807, 2.05) is 0 Å². The molecular formula is C26H51N3O2. The Morgan fingerprint density at radius 1 is 0.806 bits per heavy atom. The van der Waals surface area contributed by atoms with Crippen molar-refractivity contribution in [2.45, 2.75) is 148 Å². The van der Waals surface area contributed by atoms with Gasteiger partial charge in [-0.2, -0.15) is 0 Å². The highest BCUT2D eigenvalue weighted by atomic mass is 16.5. The fourth-order valence-corrected chi connectivity index (χ4v) is 6.36. The molecule has 2 N–H and O–H groups in total. The summed E-state index contributed by atoms with van der Waals surface area (Å²) in [5, 5.41) is 7.46. The molecule has 2 aliphatic heterocycles. The van der Waals surface area contributed by atoms with Gasteiger partial charge < -0.3 is 15.4 Å². The lowest BCUT2D eigenvalue weighted by atomic mass is 9.79. The fourth-order valence-electron chi connectivity index (χ4n) is 6.36. The third-order valence-electron chi connectivity index (χ3n) is 6.77. The van der Waals surface area contributed by atoms with Gasteiger partial charge in [0.05, 0.1) is 6.54 Å². The molecule has 31 heavy (non-hydrogen) atoms. The molecule has 2 fully saturated rings. The summed E-state index contributed by atoms with van der Waals surface area (Å²) in [6.45, 7) is 21.6. The molecule has 182 valence electrons. The summed E-state index contributed by atoms with van der Waals surface area (Å²) >= 11 is 0. The van der Waals surface area contributed by atoms with Crippen LogP contribution in [0.1, 0.15) is 114 Å². The first kappa shape index (κ1) is 26.6. The fraction of sp³-hybridized carbons (Fsp3) is 0.962. The zero-order chi connectivity index (χ0) is 23.5. The minimum Gasteiger partial charge on any atom is -0.461 e. The lowest BCUT2D eigenvalue weighted by Crippen LogP contribution is -2.63. The molecule has 2 saturated heterocycles. The van der Waals surface area contributed by atoms with Crippen LogP contribution < -0.4 is 10.6 Å². The first-order chi connectivity index (χ1) is 14.1. The zero-order valence-corrected chi connectivity index (χ0v) is 22.0. The zero-order valence-electron chi connectivity index (χ0n) is 22.0. The quantitative estimate of drug-likeness (QED) is 0.391. The number of hydrogen-bond acceptors (Lipinski definition) is 5. The molecule has 0 spiro atoms. The monoisotopic (exact) mass is 437 g/mol. The summed E-state index contributed by atoms with van der Waals surface area (Å²) in [5.74, 6) is -0.0527. The second-order valence-corrected chi connectivity index (χ2v) is 12.9. The van der Waals surface area contributed by atoms with Gasteiger partial charge in [0.2, 0.25) is 0 Å². The van der Waals surface area contributed by atoms with E-state index in [0.29, 0.717) is 12.6 Å². The van der Waals surface area contributed by atoms with Crippen molar-refractivity contribution in [3.63, 3.8) is 0 Å². The predicted octanol–water partition coefficient (Wildman–Crippen LogP) is 5.03. The van der Waals surface area contributed by atoms with Crippen molar-refractivity contribution >= 4 is 5.97 Å². The Labute approximate surface area is 192 Å². The van der Waals surface area contributed by atoms with E-state index in [1.165, 1.54) is 19.3 Å². The van der Waals surface area contributed by atoms with E-state index in [1.54, 1.807) is 0 Å². The molecule has 0 aromatic carbocycles. The molecule has 0 aromatic rings. The molecule has 0 radical (unpaired) electrons. The van der Waals surface area contributed by atoms with Crippen molar-refractivity contribution in [3.8, 4) is 0 Å². The van der Waals surface area contributed by atoms with Gasteiger partial charge in [-0.1, -0.05) is 26.2 Å². The van der Waals surface area contributed by atoms with E-state index in [9.17, 15) is 4.79 Å². The lowest BCUT2D eigenvalue weighted by Gasteiger charge is -2.49. The van der Waals surface area contributed by atoms with Crippen LogP contribution in [-0.4, -0.2) is 58.3 Å². The van der Waals surface area contributed by atoms with Gasteiger partial charge in [-0.05, 0) is 81.2 Å². The minimum atomic E-state index is -0.0527. The van der Waals surface area contributed by atoms with E-state index in [0.717, 1.165) is 38.6 Å². The van der Waals surface area contributed by atoms with Crippen LogP contribution in [0.3, 0.4) is 0 Å². The highest BCUT2D eigenvalue weighted by Crippen LogP contribution is 2.33. The number of ether oxygens (including phenoxy) is 1. The van der Waals surface area contributed by atoms with Crippen molar-refractivity contribution in [1.82, 2.24) is 15.5 Å². The van der Waals surface area contributed by atoms with Crippen LogP contribution in [0.25, 0.3) is 0 Å². The van der Waals surface area contributed by atoms with Crippen LogP contribution in [0.15, 0.2) is 0 Å². The number of carbonyl (C=O) groups excluding carboxylic acids is 1. The van der Waals surface area contributed by atoms with E-state index in [2.05, 4.69) is 77.8 Å². The third kappa shape index (κ3) is 9.01. The third-order valence-corrected chi connectivity index (χ3v) is 6.77. The minimum absolute atomic E-state index is 0.0124. The Hall–Kier alpha value is -0.650. The molecule has 2 aliphatic rings. The smallest absolute Gasteiger partial charge is 0.320 e. The summed E-state index contributed by atoms with van der Waals surface area (Å²) in [4.78, 5) is 15.5. The standard InChI is InChI=1S/C26H51N3O2/c1-10-11-12-13-14-29(20-15-23(2,3)27-24(4,5)16-20)19-22(30)31-21-17-25(6,7)28-26(8,9)18-21/h20-21,27-28H,10-19H2,1-9H3. The van der Waals surface area contributed by atoms with Crippen LogP contribution in [0.4, 0.5) is 0 Å².